The Morgan fingerprint density at radius 1 is 1.67 bits per heavy atom. The van der Waals surface area contributed by atoms with Crippen molar-refractivity contribution in [3.63, 3.8) is 0 Å². The Kier molecular flexibility index (Phi) is 4.11. The van der Waals surface area contributed by atoms with Gasteiger partial charge < -0.3 is 15.1 Å². The minimum atomic E-state index is -0.103. The van der Waals surface area contributed by atoms with Crippen LogP contribution in [0.4, 0.5) is 5.69 Å². The van der Waals surface area contributed by atoms with Crippen molar-refractivity contribution in [3.05, 3.63) is 24.0 Å². The lowest BCUT2D eigenvalue weighted by molar-refractivity contribution is 0.0583. The average Bonchev–Trinajstić information content (AvgIpc) is 2.91. The Morgan fingerprint density at radius 2 is 2.50 bits per heavy atom. The van der Waals surface area contributed by atoms with Crippen molar-refractivity contribution in [1.82, 2.24) is 9.88 Å². The maximum Gasteiger partial charge on any atom is 0.272 e. The number of anilines is 1. The fourth-order valence-corrected chi connectivity index (χ4v) is 1.98. The second-order valence-corrected chi connectivity index (χ2v) is 4.40. The molecule has 0 radical (unpaired) electrons. The summed E-state index contributed by atoms with van der Waals surface area (Å²) in [5.74, 6) is 5.14. The molecule has 0 spiro atoms. The van der Waals surface area contributed by atoms with Crippen LogP contribution in [0.1, 0.15) is 23.3 Å². The zero-order chi connectivity index (χ0) is 13.0. The number of aromatic nitrogens is 1. The molecule has 1 aromatic heterocycles. The van der Waals surface area contributed by atoms with Crippen molar-refractivity contribution in [2.45, 2.75) is 18.9 Å². The summed E-state index contributed by atoms with van der Waals surface area (Å²) in [4.78, 5) is 17.8. The molecule has 6 heteroatoms. The van der Waals surface area contributed by atoms with E-state index in [1.54, 1.807) is 24.1 Å². The Balaban J connectivity index is 1.95. The first-order valence-corrected chi connectivity index (χ1v) is 6.00. The Morgan fingerprint density at radius 3 is 3.06 bits per heavy atom. The molecule has 2 heterocycles. The quantitative estimate of drug-likeness (QED) is 0.605. The van der Waals surface area contributed by atoms with Gasteiger partial charge >= 0.3 is 0 Å². The third-order valence-electron chi connectivity index (χ3n) is 3.00. The Bertz CT molecular complexity index is 401. The molecule has 1 aliphatic heterocycles. The Labute approximate surface area is 106 Å². The smallest absolute Gasteiger partial charge is 0.272 e. The second kappa shape index (κ2) is 5.79. The van der Waals surface area contributed by atoms with Crippen molar-refractivity contribution in [1.29, 1.82) is 0 Å². The van der Waals surface area contributed by atoms with E-state index in [-0.39, 0.29) is 12.0 Å². The molecule has 1 saturated heterocycles. The van der Waals surface area contributed by atoms with Gasteiger partial charge in [0.1, 0.15) is 5.69 Å². The molecule has 1 aliphatic rings. The number of nitrogens with two attached hydrogens (primary N) is 1. The van der Waals surface area contributed by atoms with Crippen LogP contribution < -0.4 is 11.3 Å². The topological polar surface area (TPSA) is 80.5 Å². The summed E-state index contributed by atoms with van der Waals surface area (Å²) in [5, 5.41) is 0. The van der Waals surface area contributed by atoms with Crippen molar-refractivity contribution in [2.75, 3.05) is 25.6 Å². The highest BCUT2D eigenvalue weighted by atomic mass is 16.5. The maximum absolute atomic E-state index is 12.1. The average molecular weight is 250 g/mol. The number of rotatable bonds is 4. The number of likely N-dealkylation sites (N-methyl/N-ethyl adjacent to an activating group) is 1. The first-order chi connectivity index (χ1) is 8.70. The van der Waals surface area contributed by atoms with Gasteiger partial charge in [0.25, 0.3) is 5.91 Å². The lowest BCUT2D eigenvalue weighted by atomic mass is 10.2. The van der Waals surface area contributed by atoms with Gasteiger partial charge in [-0.15, -0.1) is 0 Å². The normalized spacial score (nSPS) is 18.7. The van der Waals surface area contributed by atoms with E-state index in [2.05, 4.69) is 10.4 Å². The fourth-order valence-electron chi connectivity index (χ4n) is 1.98. The number of hydrogen-bond acceptors (Lipinski definition) is 5. The molecule has 0 aliphatic carbocycles. The van der Waals surface area contributed by atoms with Gasteiger partial charge in [0.2, 0.25) is 0 Å². The van der Waals surface area contributed by atoms with Crippen molar-refractivity contribution < 1.29 is 9.53 Å². The van der Waals surface area contributed by atoms with Crippen LogP contribution in [0.5, 0.6) is 0 Å². The lowest BCUT2D eigenvalue weighted by Crippen LogP contribution is -2.34. The molecule has 6 nitrogen and oxygen atoms in total. The number of ether oxygens (including phenoxy) is 1. The van der Waals surface area contributed by atoms with Crippen molar-refractivity contribution in [2.24, 2.45) is 5.84 Å². The monoisotopic (exact) mass is 250 g/mol. The number of pyridine rings is 1. The number of amides is 1. The number of carbonyl (C=O) groups excluding carboxylic acids is 1. The molecule has 0 aromatic carbocycles. The van der Waals surface area contributed by atoms with Gasteiger partial charge in [-0.1, -0.05) is 0 Å². The maximum atomic E-state index is 12.1. The van der Waals surface area contributed by atoms with Crippen LogP contribution in [0.3, 0.4) is 0 Å². The molecular formula is C12H18N4O2. The first-order valence-electron chi connectivity index (χ1n) is 6.00. The molecule has 3 N–H and O–H groups in total. The molecule has 1 unspecified atom stereocenters. The van der Waals surface area contributed by atoms with E-state index in [1.807, 2.05) is 0 Å². The molecule has 0 bridgehead atoms. The largest absolute Gasteiger partial charge is 0.376 e. The molecule has 0 saturated carbocycles. The minimum Gasteiger partial charge on any atom is -0.376 e. The van der Waals surface area contributed by atoms with Crippen LogP contribution in [0.2, 0.25) is 0 Å². The fraction of sp³-hybridized carbons (Fsp3) is 0.500. The summed E-state index contributed by atoms with van der Waals surface area (Å²) in [6, 6.07) is 3.38. The predicted octanol–water partition coefficient (Wildman–Crippen LogP) is 0.618. The highest BCUT2D eigenvalue weighted by Gasteiger charge is 2.21. The first kappa shape index (κ1) is 12.8. The van der Waals surface area contributed by atoms with E-state index < -0.39 is 0 Å². The van der Waals surface area contributed by atoms with Crippen LogP contribution >= 0.6 is 0 Å². The SMILES string of the molecule is CN(CC1CCCO1)C(=O)c1ccc(NN)cn1. The number of nitrogens with one attached hydrogen (secondary N) is 1. The lowest BCUT2D eigenvalue weighted by Gasteiger charge is -2.20. The number of carbonyl (C=O) groups is 1. The highest BCUT2D eigenvalue weighted by Crippen LogP contribution is 2.14. The van der Waals surface area contributed by atoms with E-state index in [9.17, 15) is 4.79 Å². The van der Waals surface area contributed by atoms with E-state index in [0.29, 0.717) is 17.9 Å². The van der Waals surface area contributed by atoms with Crippen LogP contribution in [-0.4, -0.2) is 42.1 Å². The van der Waals surface area contributed by atoms with Gasteiger partial charge in [-0.2, -0.15) is 0 Å². The number of nitrogen functional groups attached to an aromatic ring is 1. The van der Waals surface area contributed by atoms with Gasteiger partial charge in [-0.3, -0.25) is 10.6 Å². The summed E-state index contributed by atoms with van der Waals surface area (Å²) in [7, 11) is 1.76. The van der Waals surface area contributed by atoms with E-state index in [0.717, 1.165) is 19.4 Å². The van der Waals surface area contributed by atoms with E-state index >= 15 is 0 Å². The molecule has 18 heavy (non-hydrogen) atoms. The highest BCUT2D eigenvalue weighted by molar-refractivity contribution is 5.92. The molecular weight excluding hydrogens is 232 g/mol. The number of hydrogen-bond donors (Lipinski definition) is 2. The van der Waals surface area contributed by atoms with Gasteiger partial charge in [0.15, 0.2) is 0 Å². The summed E-state index contributed by atoms with van der Waals surface area (Å²) in [6.45, 7) is 1.40. The van der Waals surface area contributed by atoms with Gasteiger partial charge in [0.05, 0.1) is 18.0 Å². The van der Waals surface area contributed by atoms with Crippen molar-refractivity contribution >= 4 is 11.6 Å². The van der Waals surface area contributed by atoms with Crippen LogP contribution in [0.25, 0.3) is 0 Å². The zero-order valence-corrected chi connectivity index (χ0v) is 10.4. The van der Waals surface area contributed by atoms with E-state index in [4.69, 9.17) is 10.6 Å². The van der Waals surface area contributed by atoms with E-state index in [1.165, 1.54) is 6.20 Å². The standard InChI is InChI=1S/C12H18N4O2/c1-16(8-10-3-2-6-18-10)12(17)11-5-4-9(15-13)7-14-11/h4-5,7,10,15H,2-3,6,8,13H2,1H3. The zero-order valence-electron chi connectivity index (χ0n) is 10.4. The summed E-state index contributed by atoms with van der Waals surface area (Å²) in [6.07, 6.45) is 3.78. The van der Waals surface area contributed by atoms with Crippen LogP contribution in [-0.2, 0) is 4.74 Å². The molecule has 2 rings (SSSR count). The molecule has 1 aromatic rings. The second-order valence-electron chi connectivity index (χ2n) is 4.40. The predicted molar refractivity (Wildman–Crippen MR) is 68.0 cm³/mol. The third-order valence-corrected chi connectivity index (χ3v) is 3.00. The minimum absolute atomic E-state index is 0.103. The van der Waals surface area contributed by atoms with Crippen LogP contribution in [0.15, 0.2) is 18.3 Å². The molecule has 98 valence electrons. The Hall–Kier alpha value is -1.66. The van der Waals surface area contributed by atoms with Gasteiger partial charge in [-0.25, -0.2) is 4.98 Å². The summed E-state index contributed by atoms with van der Waals surface area (Å²) in [5.41, 5.74) is 3.56. The van der Waals surface area contributed by atoms with Gasteiger partial charge in [0, 0.05) is 20.2 Å². The third kappa shape index (κ3) is 2.96. The molecule has 1 fully saturated rings. The summed E-state index contributed by atoms with van der Waals surface area (Å²) < 4.78 is 5.51. The van der Waals surface area contributed by atoms with Crippen molar-refractivity contribution in [3.8, 4) is 0 Å². The van der Waals surface area contributed by atoms with Gasteiger partial charge in [-0.05, 0) is 25.0 Å². The molecule has 1 atom stereocenters. The summed E-state index contributed by atoms with van der Waals surface area (Å²) >= 11 is 0. The number of hydrazine groups is 1. The van der Waals surface area contributed by atoms with Crippen LogP contribution in [0, 0.1) is 0 Å². The molecule has 1 amide bonds. The number of nitrogens with zero attached hydrogens (tertiary/aromatic N) is 2.